The fraction of sp³-hybridized carbons (Fsp3) is 0.684. The molecule has 1 aromatic rings. The Bertz CT molecular complexity index is 536. The Morgan fingerprint density at radius 3 is 2.26 bits per heavy atom. The monoisotopic (exact) mass is 316 g/mol. The van der Waals surface area contributed by atoms with Crippen molar-refractivity contribution in [1.29, 1.82) is 0 Å². The minimum absolute atomic E-state index is 0.193. The molecule has 2 saturated carbocycles. The molecule has 3 aliphatic rings. The van der Waals surface area contributed by atoms with Crippen LogP contribution in [0.4, 0.5) is 5.69 Å². The van der Waals surface area contributed by atoms with Crippen LogP contribution in [0.3, 0.4) is 0 Å². The lowest BCUT2D eigenvalue weighted by Crippen LogP contribution is -2.50. The van der Waals surface area contributed by atoms with Gasteiger partial charge in [0.25, 0.3) is 0 Å². The standard InChI is InChI=1S/C19H28N2O2/c22-17-18(9-5-2-6-10-18)19(17,23)15-20-11-13-21(14-12-20)16-7-3-1-4-8-16/h1,3-4,7-8,17,22-23H,2,5-6,9-15H2/t17?,19-/m0/s1. The van der Waals surface area contributed by atoms with Gasteiger partial charge in [0.1, 0.15) is 5.60 Å². The Hall–Kier alpha value is -1.10. The van der Waals surface area contributed by atoms with Gasteiger partial charge in [-0.05, 0) is 25.0 Å². The number of rotatable bonds is 3. The minimum Gasteiger partial charge on any atom is -0.389 e. The van der Waals surface area contributed by atoms with Crippen LogP contribution in [0.25, 0.3) is 0 Å². The summed E-state index contributed by atoms with van der Waals surface area (Å²) in [6, 6.07) is 10.5. The van der Waals surface area contributed by atoms with Crippen molar-refractivity contribution in [2.24, 2.45) is 5.41 Å². The van der Waals surface area contributed by atoms with Crippen molar-refractivity contribution < 1.29 is 10.2 Å². The zero-order chi connectivity index (χ0) is 15.9. The molecular weight excluding hydrogens is 288 g/mol. The number of anilines is 1. The molecule has 1 aliphatic heterocycles. The van der Waals surface area contributed by atoms with Crippen LogP contribution in [0.5, 0.6) is 0 Å². The summed E-state index contributed by atoms with van der Waals surface area (Å²) >= 11 is 0. The second-order valence-corrected chi connectivity index (χ2v) is 7.64. The summed E-state index contributed by atoms with van der Waals surface area (Å²) in [6.45, 7) is 4.53. The molecule has 1 spiro atoms. The van der Waals surface area contributed by atoms with Crippen LogP contribution in [-0.4, -0.2) is 59.5 Å². The van der Waals surface area contributed by atoms with E-state index in [0.29, 0.717) is 6.54 Å². The molecule has 4 nitrogen and oxygen atoms in total. The Morgan fingerprint density at radius 1 is 0.957 bits per heavy atom. The predicted molar refractivity (Wildman–Crippen MR) is 91.6 cm³/mol. The molecule has 0 bridgehead atoms. The SMILES string of the molecule is OC1C2(CCCCC2)[C@]1(O)CN1CCN(c2ccccc2)CC1. The molecule has 4 rings (SSSR count). The van der Waals surface area contributed by atoms with Crippen molar-refractivity contribution in [1.82, 2.24) is 4.90 Å². The highest BCUT2D eigenvalue weighted by atomic mass is 16.4. The molecule has 23 heavy (non-hydrogen) atoms. The molecule has 0 radical (unpaired) electrons. The summed E-state index contributed by atoms with van der Waals surface area (Å²) in [7, 11) is 0. The van der Waals surface area contributed by atoms with E-state index in [1.807, 2.05) is 6.07 Å². The Balaban J connectivity index is 1.35. The third kappa shape index (κ3) is 2.48. The van der Waals surface area contributed by atoms with Crippen LogP contribution in [-0.2, 0) is 0 Å². The molecule has 126 valence electrons. The second-order valence-electron chi connectivity index (χ2n) is 7.64. The average Bonchev–Trinajstić information content (AvgIpc) is 3.03. The summed E-state index contributed by atoms with van der Waals surface area (Å²) in [5.74, 6) is 0. The van der Waals surface area contributed by atoms with Gasteiger partial charge in [0.2, 0.25) is 0 Å². The first-order chi connectivity index (χ1) is 11.2. The van der Waals surface area contributed by atoms with Gasteiger partial charge in [0.15, 0.2) is 0 Å². The third-order valence-corrected chi connectivity index (χ3v) is 6.46. The molecular formula is C19H28N2O2. The van der Waals surface area contributed by atoms with Crippen LogP contribution in [0, 0.1) is 5.41 Å². The molecule has 1 unspecified atom stereocenters. The number of hydrogen-bond donors (Lipinski definition) is 2. The summed E-state index contributed by atoms with van der Waals surface area (Å²) < 4.78 is 0. The van der Waals surface area contributed by atoms with E-state index < -0.39 is 11.7 Å². The highest BCUT2D eigenvalue weighted by molar-refractivity contribution is 5.46. The maximum Gasteiger partial charge on any atom is 0.112 e. The first kappa shape index (κ1) is 15.4. The Morgan fingerprint density at radius 2 is 1.61 bits per heavy atom. The van der Waals surface area contributed by atoms with Crippen molar-refractivity contribution >= 4 is 5.69 Å². The number of benzene rings is 1. The van der Waals surface area contributed by atoms with Crippen molar-refractivity contribution in [3.05, 3.63) is 30.3 Å². The molecule has 1 aromatic carbocycles. The van der Waals surface area contributed by atoms with E-state index in [2.05, 4.69) is 34.1 Å². The number of β-amino-alcohol motifs (C(OH)–C–C–N with tert-alkyl or cyclic N) is 1. The smallest absolute Gasteiger partial charge is 0.112 e. The molecule has 2 atom stereocenters. The molecule has 1 heterocycles. The molecule has 4 heteroatoms. The summed E-state index contributed by atoms with van der Waals surface area (Å²) in [5, 5.41) is 21.4. The molecule has 3 fully saturated rings. The molecule has 0 amide bonds. The largest absolute Gasteiger partial charge is 0.389 e. The van der Waals surface area contributed by atoms with E-state index in [9.17, 15) is 10.2 Å². The maximum absolute atomic E-state index is 11.0. The van der Waals surface area contributed by atoms with Gasteiger partial charge >= 0.3 is 0 Å². The highest BCUT2D eigenvalue weighted by Crippen LogP contribution is 2.64. The maximum atomic E-state index is 11.0. The van der Waals surface area contributed by atoms with Gasteiger partial charge in [-0.3, -0.25) is 4.90 Å². The van der Waals surface area contributed by atoms with Crippen molar-refractivity contribution in [3.8, 4) is 0 Å². The van der Waals surface area contributed by atoms with E-state index in [1.54, 1.807) is 0 Å². The average molecular weight is 316 g/mol. The molecule has 2 N–H and O–H groups in total. The number of nitrogens with zero attached hydrogens (tertiary/aromatic N) is 2. The lowest BCUT2D eigenvalue weighted by Gasteiger charge is -2.38. The number of aliphatic hydroxyl groups is 2. The van der Waals surface area contributed by atoms with Gasteiger partial charge in [-0.2, -0.15) is 0 Å². The molecule has 1 saturated heterocycles. The van der Waals surface area contributed by atoms with Crippen molar-refractivity contribution in [2.45, 2.75) is 43.8 Å². The summed E-state index contributed by atoms with van der Waals surface area (Å²) in [5.41, 5.74) is 0.227. The Kier molecular flexibility index (Phi) is 3.87. The lowest BCUT2D eigenvalue weighted by molar-refractivity contribution is 0.0267. The highest BCUT2D eigenvalue weighted by Gasteiger charge is 2.75. The quantitative estimate of drug-likeness (QED) is 0.894. The van der Waals surface area contributed by atoms with E-state index in [4.69, 9.17) is 0 Å². The van der Waals surface area contributed by atoms with Crippen LogP contribution >= 0.6 is 0 Å². The fourth-order valence-corrected chi connectivity index (χ4v) is 4.90. The third-order valence-electron chi connectivity index (χ3n) is 6.46. The zero-order valence-corrected chi connectivity index (χ0v) is 13.8. The van der Waals surface area contributed by atoms with Crippen LogP contribution in [0.1, 0.15) is 32.1 Å². The van der Waals surface area contributed by atoms with Crippen molar-refractivity contribution in [2.75, 3.05) is 37.6 Å². The van der Waals surface area contributed by atoms with Crippen LogP contribution < -0.4 is 4.90 Å². The number of hydrogen-bond acceptors (Lipinski definition) is 4. The van der Waals surface area contributed by atoms with Crippen LogP contribution in [0.15, 0.2) is 30.3 Å². The fourth-order valence-electron chi connectivity index (χ4n) is 4.90. The van der Waals surface area contributed by atoms with E-state index in [1.165, 1.54) is 12.1 Å². The van der Waals surface area contributed by atoms with E-state index in [-0.39, 0.29) is 5.41 Å². The van der Waals surface area contributed by atoms with Crippen LogP contribution in [0.2, 0.25) is 0 Å². The lowest BCUT2D eigenvalue weighted by atomic mass is 9.83. The first-order valence-corrected chi connectivity index (χ1v) is 9.09. The van der Waals surface area contributed by atoms with Gasteiger partial charge in [-0.25, -0.2) is 0 Å². The van der Waals surface area contributed by atoms with Gasteiger partial charge < -0.3 is 15.1 Å². The van der Waals surface area contributed by atoms with Crippen molar-refractivity contribution in [3.63, 3.8) is 0 Å². The normalized spacial score (nSPS) is 33.8. The van der Waals surface area contributed by atoms with Gasteiger partial charge in [0, 0.05) is 43.8 Å². The topological polar surface area (TPSA) is 46.9 Å². The number of aliphatic hydroxyl groups excluding tert-OH is 1. The Labute approximate surface area is 138 Å². The number of piperazine rings is 1. The predicted octanol–water partition coefficient (Wildman–Crippen LogP) is 1.86. The summed E-state index contributed by atoms with van der Waals surface area (Å²) in [6.07, 6.45) is 5.04. The summed E-state index contributed by atoms with van der Waals surface area (Å²) in [4.78, 5) is 4.74. The van der Waals surface area contributed by atoms with Gasteiger partial charge in [-0.15, -0.1) is 0 Å². The van der Waals surface area contributed by atoms with E-state index in [0.717, 1.165) is 51.9 Å². The first-order valence-electron chi connectivity index (χ1n) is 9.09. The minimum atomic E-state index is -0.859. The molecule has 0 aromatic heterocycles. The van der Waals surface area contributed by atoms with E-state index >= 15 is 0 Å². The molecule has 2 aliphatic carbocycles. The zero-order valence-electron chi connectivity index (χ0n) is 13.8. The number of para-hydroxylation sites is 1. The van der Waals surface area contributed by atoms with Gasteiger partial charge in [-0.1, -0.05) is 37.5 Å². The second kappa shape index (κ2) is 5.76. The van der Waals surface area contributed by atoms with Gasteiger partial charge in [0.05, 0.1) is 6.10 Å².